The third-order valence-corrected chi connectivity index (χ3v) is 6.16. The monoisotopic (exact) mass is 367 g/mol. The molecule has 0 aliphatic carbocycles. The van der Waals surface area contributed by atoms with Gasteiger partial charge >= 0.3 is 0 Å². The third-order valence-electron chi connectivity index (χ3n) is 6.16. The molecule has 2 unspecified atom stereocenters. The minimum atomic E-state index is -1.04. The van der Waals surface area contributed by atoms with Crippen LogP contribution in [0.25, 0.3) is 0 Å². The number of aliphatic hydroxyl groups is 1. The summed E-state index contributed by atoms with van der Waals surface area (Å²) in [7, 11) is 3.88. The summed E-state index contributed by atoms with van der Waals surface area (Å²) in [6.45, 7) is 4.17. The zero-order chi connectivity index (χ0) is 19.4. The fourth-order valence-corrected chi connectivity index (χ4v) is 4.35. The van der Waals surface area contributed by atoms with Gasteiger partial charge < -0.3 is 10.8 Å². The molecule has 0 bridgehead atoms. The Kier molecular flexibility index (Phi) is 6.20. The molecule has 1 saturated heterocycles. The number of likely N-dealkylation sites (N-methyl/N-ethyl adjacent to an activating group) is 1. The van der Waals surface area contributed by atoms with Crippen molar-refractivity contribution in [1.82, 2.24) is 9.80 Å². The predicted molar refractivity (Wildman–Crippen MR) is 112 cm³/mol. The summed E-state index contributed by atoms with van der Waals surface area (Å²) >= 11 is 0. The summed E-state index contributed by atoms with van der Waals surface area (Å²) in [5.41, 5.74) is 7.83. The standard InChI is InChI=1S/C23H33N3O/c1-18(23(27,25(2)3)21-9-11-22(24)12-10-21)26-15-13-20(14-16-26)17-19-7-5-4-6-8-19/h4-12,18,20,27H,13-17,24H2,1-3H3. The highest BCUT2D eigenvalue weighted by atomic mass is 16.3. The molecule has 1 heterocycles. The minimum Gasteiger partial charge on any atom is -0.399 e. The molecule has 3 rings (SSSR count). The first-order valence-electron chi connectivity index (χ1n) is 9.95. The molecule has 2 atom stereocenters. The highest BCUT2D eigenvalue weighted by molar-refractivity contribution is 5.41. The largest absolute Gasteiger partial charge is 0.399 e. The van der Waals surface area contributed by atoms with Crippen molar-refractivity contribution in [2.45, 2.75) is 38.0 Å². The van der Waals surface area contributed by atoms with Gasteiger partial charge in [-0.1, -0.05) is 42.5 Å². The number of anilines is 1. The first-order valence-corrected chi connectivity index (χ1v) is 9.95. The lowest BCUT2D eigenvalue weighted by molar-refractivity contribution is -0.148. The molecule has 2 aromatic carbocycles. The van der Waals surface area contributed by atoms with E-state index in [1.807, 2.05) is 43.3 Å². The van der Waals surface area contributed by atoms with Gasteiger partial charge in [-0.15, -0.1) is 0 Å². The van der Waals surface area contributed by atoms with Crippen LogP contribution in [-0.2, 0) is 12.1 Å². The second-order valence-electron chi connectivity index (χ2n) is 8.09. The Bertz CT molecular complexity index is 708. The fraction of sp³-hybridized carbons (Fsp3) is 0.478. The molecule has 0 amide bonds. The number of likely N-dealkylation sites (tertiary alicyclic amines) is 1. The average Bonchev–Trinajstić information content (AvgIpc) is 2.68. The third kappa shape index (κ3) is 4.34. The number of hydrogen-bond acceptors (Lipinski definition) is 4. The number of nitrogens with two attached hydrogens (primary N) is 1. The van der Waals surface area contributed by atoms with Gasteiger partial charge in [-0.2, -0.15) is 0 Å². The molecule has 146 valence electrons. The molecule has 1 aliphatic rings. The van der Waals surface area contributed by atoms with Crippen molar-refractivity contribution < 1.29 is 5.11 Å². The molecule has 0 aromatic heterocycles. The van der Waals surface area contributed by atoms with E-state index in [0.717, 1.165) is 31.0 Å². The highest BCUT2D eigenvalue weighted by Gasteiger charge is 2.42. The lowest BCUT2D eigenvalue weighted by atomic mass is 9.87. The highest BCUT2D eigenvalue weighted by Crippen LogP contribution is 2.33. The normalized spacial score (nSPS) is 19.7. The summed E-state index contributed by atoms with van der Waals surface area (Å²) in [5.74, 6) is 0.722. The number of nitrogen functional groups attached to an aromatic ring is 1. The van der Waals surface area contributed by atoms with Gasteiger partial charge in [0, 0.05) is 11.3 Å². The molecule has 0 saturated carbocycles. The Hall–Kier alpha value is -1.88. The van der Waals surface area contributed by atoms with Crippen LogP contribution in [0.15, 0.2) is 54.6 Å². The van der Waals surface area contributed by atoms with Gasteiger partial charge in [0.2, 0.25) is 0 Å². The second-order valence-corrected chi connectivity index (χ2v) is 8.09. The minimum absolute atomic E-state index is 0.00574. The lowest BCUT2D eigenvalue weighted by Gasteiger charge is -2.47. The van der Waals surface area contributed by atoms with Crippen LogP contribution in [0.5, 0.6) is 0 Å². The van der Waals surface area contributed by atoms with Crippen LogP contribution in [-0.4, -0.2) is 48.1 Å². The zero-order valence-corrected chi connectivity index (χ0v) is 16.8. The van der Waals surface area contributed by atoms with Crippen LogP contribution < -0.4 is 5.73 Å². The Morgan fingerprint density at radius 1 is 1.07 bits per heavy atom. The van der Waals surface area contributed by atoms with E-state index in [1.165, 1.54) is 18.4 Å². The van der Waals surface area contributed by atoms with Crippen LogP contribution in [0.3, 0.4) is 0 Å². The molecule has 4 nitrogen and oxygen atoms in total. The van der Waals surface area contributed by atoms with Gasteiger partial charge in [-0.05, 0) is 77.0 Å². The van der Waals surface area contributed by atoms with E-state index in [-0.39, 0.29) is 6.04 Å². The van der Waals surface area contributed by atoms with Crippen LogP contribution in [0.4, 0.5) is 5.69 Å². The summed E-state index contributed by atoms with van der Waals surface area (Å²) in [6.07, 6.45) is 3.49. The first-order chi connectivity index (χ1) is 12.9. The van der Waals surface area contributed by atoms with Gasteiger partial charge in [0.05, 0.1) is 6.04 Å². The Balaban J connectivity index is 1.67. The topological polar surface area (TPSA) is 52.7 Å². The number of hydrogen-bond donors (Lipinski definition) is 2. The molecule has 0 spiro atoms. The number of rotatable bonds is 6. The Morgan fingerprint density at radius 2 is 1.67 bits per heavy atom. The summed E-state index contributed by atoms with van der Waals surface area (Å²) < 4.78 is 0. The van der Waals surface area contributed by atoms with Crippen molar-refractivity contribution in [2.24, 2.45) is 5.92 Å². The van der Waals surface area contributed by atoms with Crippen LogP contribution in [0, 0.1) is 5.92 Å². The maximum Gasteiger partial charge on any atom is 0.159 e. The smallest absolute Gasteiger partial charge is 0.159 e. The van der Waals surface area contributed by atoms with E-state index in [0.29, 0.717) is 5.69 Å². The molecule has 0 radical (unpaired) electrons. The first kappa shape index (κ1) is 19.9. The number of nitrogens with zero attached hydrogens (tertiary/aromatic N) is 2. The van der Waals surface area contributed by atoms with Crippen molar-refractivity contribution in [2.75, 3.05) is 32.9 Å². The molecule has 1 fully saturated rings. The van der Waals surface area contributed by atoms with Crippen molar-refractivity contribution >= 4 is 5.69 Å². The van der Waals surface area contributed by atoms with Crippen molar-refractivity contribution in [3.8, 4) is 0 Å². The second kappa shape index (κ2) is 8.42. The predicted octanol–water partition coefficient (Wildman–Crippen LogP) is 3.32. The molecule has 1 aliphatic heterocycles. The SMILES string of the molecule is CC(N1CCC(Cc2ccccc2)CC1)C(O)(c1ccc(N)cc1)N(C)C. The van der Waals surface area contributed by atoms with Gasteiger partial charge in [-0.3, -0.25) is 9.80 Å². The zero-order valence-electron chi connectivity index (χ0n) is 16.8. The van der Waals surface area contributed by atoms with Crippen molar-refractivity contribution in [1.29, 1.82) is 0 Å². The molecule has 4 heteroatoms. The Morgan fingerprint density at radius 3 is 2.22 bits per heavy atom. The van der Waals surface area contributed by atoms with Gasteiger partial charge in [0.15, 0.2) is 5.72 Å². The summed E-state index contributed by atoms with van der Waals surface area (Å²) in [6, 6.07) is 18.4. The van der Waals surface area contributed by atoms with E-state index in [4.69, 9.17) is 5.73 Å². The molecular formula is C23H33N3O. The van der Waals surface area contributed by atoms with Crippen molar-refractivity contribution in [3.05, 3.63) is 65.7 Å². The van der Waals surface area contributed by atoms with E-state index in [1.54, 1.807) is 0 Å². The molecule has 2 aromatic rings. The van der Waals surface area contributed by atoms with Crippen molar-refractivity contribution in [3.63, 3.8) is 0 Å². The molecule has 27 heavy (non-hydrogen) atoms. The Labute approximate surface area is 163 Å². The number of benzene rings is 2. The maximum atomic E-state index is 11.6. The van der Waals surface area contributed by atoms with E-state index in [9.17, 15) is 5.11 Å². The van der Waals surface area contributed by atoms with E-state index in [2.05, 4.69) is 42.2 Å². The summed E-state index contributed by atoms with van der Waals surface area (Å²) in [4.78, 5) is 4.34. The van der Waals surface area contributed by atoms with E-state index >= 15 is 0 Å². The van der Waals surface area contributed by atoms with Gasteiger partial charge in [-0.25, -0.2) is 0 Å². The van der Waals surface area contributed by atoms with Crippen LogP contribution in [0.2, 0.25) is 0 Å². The van der Waals surface area contributed by atoms with Gasteiger partial charge in [0.1, 0.15) is 0 Å². The van der Waals surface area contributed by atoms with E-state index < -0.39 is 5.72 Å². The fourth-order valence-electron chi connectivity index (χ4n) is 4.35. The number of piperidine rings is 1. The quantitative estimate of drug-likeness (QED) is 0.607. The van der Waals surface area contributed by atoms with Gasteiger partial charge in [0.25, 0.3) is 0 Å². The van der Waals surface area contributed by atoms with Crippen LogP contribution >= 0.6 is 0 Å². The summed E-state index contributed by atoms with van der Waals surface area (Å²) in [5, 5.41) is 11.6. The van der Waals surface area contributed by atoms with Crippen LogP contribution in [0.1, 0.15) is 30.9 Å². The lowest BCUT2D eigenvalue weighted by Crippen LogP contribution is -2.58. The maximum absolute atomic E-state index is 11.6. The average molecular weight is 368 g/mol. The molecule has 3 N–H and O–H groups in total. The molecular weight excluding hydrogens is 334 g/mol.